The zero-order valence-corrected chi connectivity index (χ0v) is 6.36. The van der Waals surface area contributed by atoms with Crippen LogP contribution in [0.2, 0.25) is 0 Å². The van der Waals surface area contributed by atoms with Crippen molar-refractivity contribution in [1.29, 1.82) is 0 Å². The SMILES string of the molecule is O=[N+]([O-])CCn1cnc([N+](=O)[O-])n1. The lowest BCUT2D eigenvalue weighted by Gasteiger charge is -1.89. The van der Waals surface area contributed by atoms with E-state index in [0.717, 1.165) is 11.0 Å². The van der Waals surface area contributed by atoms with Crippen molar-refractivity contribution in [2.45, 2.75) is 6.54 Å². The third-order valence-electron chi connectivity index (χ3n) is 1.20. The first kappa shape index (κ1) is 9.03. The molecule has 0 bridgehead atoms. The van der Waals surface area contributed by atoms with Crippen molar-refractivity contribution in [3.05, 3.63) is 26.6 Å². The summed E-state index contributed by atoms with van der Waals surface area (Å²) in [5.41, 5.74) is 0. The van der Waals surface area contributed by atoms with Crippen LogP contribution in [-0.4, -0.2) is 31.2 Å². The summed E-state index contributed by atoms with van der Waals surface area (Å²) in [6.45, 7) is -0.353. The summed E-state index contributed by atoms with van der Waals surface area (Å²) in [6, 6.07) is 0. The van der Waals surface area contributed by atoms with Gasteiger partial charge in [-0.1, -0.05) is 4.98 Å². The molecular weight excluding hydrogens is 182 g/mol. The molecule has 0 spiro atoms. The van der Waals surface area contributed by atoms with E-state index in [1.54, 1.807) is 0 Å². The molecule has 9 nitrogen and oxygen atoms in total. The van der Waals surface area contributed by atoms with Gasteiger partial charge in [-0.2, -0.15) is 4.68 Å². The highest BCUT2D eigenvalue weighted by Crippen LogP contribution is 1.98. The van der Waals surface area contributed by atoms with Gasteiger partial charge >= 0.3 is 5.95 Å². The molecular formula is C4H5N5O4. The Morgan fingerprint density at radius 1 is 1.46 bits per heavy atom. The molecule has 1 rings (SSSR count). The van der Waals surface area contributed by atoms with Gasteiger partial charge < -0.3 is 10.1 Å². The van der Waals surface area contributed by atoms with Crippen molar-refractivity contribution in [2.24, 2.45) is 0 Å². The maximum Gasteiger partial charge on any atom is 0.490 e. The first-order chi connectivity index (χ1) is 6.09. The standard InChI is InChI=1S/C4H5N5O4/c10-8(11)2-1-7-3-5-4(6-7)9(12)13/h3H,1-2H2. The minimum absolute atomic E-state index is 0.0200. The zero-order chi connectivity index (χ0) is 9.84. The molecule has 0 aliphatic carbocycles. The van der Waals surface area contributed by atoms with Crippen LogP contribution < -0.4 is 0 Å². The molecule has 0 aliphatic heterocycles. The highest BCUT2D eigenvalue weighted by atomic mass is 16.6. The average molecular weight is 187 g/mol. The summed E-state index contributed by atoms with van der Waals surface area (Å²) in [5.74, 6) is -0.552. The number of nitro groups is 2. The minimum atomic E-state index is -0.761. The quantitative estimate of drug-likeness (QED) is 0.461. The summed E-state index contributed by atoms with van der Waals surface area (Å²) >= 11 is 0. The minimum Gasteiger partial charge on any atom is -0.390 e. The van der Waals surface area contributed by atoms with Gasteiger partial charge in [-0.05, 0) is 4.92 Å². The van der Waals surface area contributed by atoms with Crippen LogP contribution in [0, 0.1) is 20.2 Å². The van der Waals surface area contributed by atoms with Gasteiger partial charge in [-0.15, -0.1) is 0 Å². The third kappa shape index (κ3) is 2.47. The molecule has 0 aliphatic rings. The molecule has 0 aromatic carbocycles. The highest BCUT2D eigenvalue weighted by Gasteiger charge is 2.13. The molecule has 1 aromatic heterocycles. The average Bonchev–Trinajstić information content (AvgIpc) is 2.48. The van der Waals surface area contributed by atoms with Gasteiger partial charge in [0.25, 0.3) is 0 Å². The molecule has 0 radical (unpaired) electrons. The van der Waals surface area contributed by atoms with Crippen LogP contribution in [-0.2, 0) is 6.54 Å². The van der Waals surface area contributed by atoms with E-state index in [0.29, 0.717) is 0 Å². The lowest BCUT2D eigenvalue weighted by Crippen LogP contribution is -2.10. The van der Waals surface area contributed by atoms with Gasteiger partial charge in [0.2, 0.25) is 12.9 Å². The maximum absolute atomic E-state index is 10.1. The normalized spacial score (nSPS) is 9.85. The van der Waals surface area contributed by atoms with E-state index in [2.05, 4.69) is 10.1 Å². The Labute approximate surface area is 71.3 Å². The van der Waals surface area contributed by atoms with Crippen LogP contribution in [0.3, 0.4) is 0 Å². The van der Waals surface area contributed by atoms with Gasteiger partial charge in [0.15, 0.2) is 0 Å². The van der Waals surface area contributed by atoms with Gasteiger partial charge in [-0.25, -0.2) is 0 Å². The van der Waals surface area contributed by atoms with E-state index in [4.69, 9.17) is 0 Å². The molecule has 0 fully saturated rings. The van der Waals surface area contributed by atoms with Crippen LogP contribution in [0.4, 0.5) is 5.95 Å². The second kappa shape index (κ2) is 3.56. The van der Waals surface area contributed by atoms with E-state index >= 15 is 0 Å². The van der Waals surface area contributed by atoms with E-state index in [-0.39, 0.29) is 13.1 Å². The molecule has 0 unspecified atom stereocenters. The summed E-state index contributed by atoms with van der Waals surface area (Å²) in [5, 5.41) is 23.4. The number of hydrogen-bond donors (Lipinski definition) is 0. The number of nitrogens with zero attached hydrogens (tertiary/aromatic N) is 5. The van der Waals surface area contributed by atoms with Crippen molar-refractivity contribution in [3.8, 4) is 0 Å². The molecule has 9 heteroatoms. The predicted octanol–water partition coefficient (Wildman–Crippen LogP) is -0.537. The van der Waals surface area contributed by atoms with E-state index in [9.17, 15) is 20.2 Å². The molecule has 1 heterocycles. The molecule has 13 heavy (non-hydrogen) atoms. The first-order valence-electron chi connectivity index (χ1n) is 3.25. The molecule has 0 atom stereocenters. The Balaban J connectivity index is 2.59. The molecule has 0 N–H and O–H groups in total. The van der Waals surface area contributed by atoms with Gasteiger partial charge in [0.1, 0.15) is 6.54 Å². The maximum atomic E-state index is 10.1. The van der Waals surface area contributed by atoms with Crippen molar-refractivity contribution >= 4 is 5.95 Å². The monoisotopic (exact) mass is 187 g/mol. The zero-order valence-electron chi connectivity index (χ0n) is 6.36. The number of rotatable bonds is 4. The van der Waals surface area contributed by atoms with Crippen LogP contribution in [0.1, 0.15) is 0 Å². The van der Waals surface area contributed by atoms with E-state index in [1.165, 1.54) is 0 Å². The lowest BCUT2D eigenvalue weighted by molar-refractivity contribution is -0.481. The predicted molar refractivity (Wildman–Crippen MR) is 38.5 cm³/mol. The summed E-state index contributed by atoms with van der Waals surface area (Å²) in [6.07, 6.45) is 1.08. The smallest absolute Gasteiger partial charge is 0.390 e. The third-order valence-corrected chi connectivity index (χ3v) is 1.20. The Morgan fingerprint density at radius 2 is 2.15 bits per heavy atom. The van der Waals surface area contributed by atoms with Crippen molar-refractivity contribution in [1.82, 2.24) is 14.8 Å². The van der Waals surface area contributed by atoms with Crippen molar-refractivity contribution in [2.75, 3.05) is 6.54 Å². The topological polar surface area (TPSA) is 117 Å². The molecule has 70 valence electrons. The van der Waals surface area contributed by atoms with Crippen molar-refractivity contribution in [3.63, 3.8) is 0 Å². The Morgan fingerprint density at radius 3 is 2.62 bits per heavy atom. The van der Waals surface area contributed by atoms with Crippen LogP contribution in [0.5, 0.6) is 0 Å². The van der Waals surface area contributed by atoms with E-state index in [1.807, 2.05) is 0 Å². The Hall–Kier alpha value is -2.06. The fourth-order valence-corrected chi connectivity index (χ4v) is 0.660. The number of aromatic nitrogens is 3. The van der Waals surface area contributed by atoms with Crippen LogP contribution in [0.15, 0.2) is 6.33 Å². The van der Waals surface area contributed by atoms with Gasteiger partial charge in [0, 0.05) is 10.0 Å². The second-order valence-electron chi connectivity index (χ2n) is 2.12. The first-order valence-corrected chi connectivity index (χ1v) is 3.25. The molecule has 1 aromatic rings. The Kier molecular flexibility index (Phi) is 2.47. The molecule has 0 amide bonds. The largest absolute Gasteiger partial charge is 0.490 e. The lowest BCUT2D eigenvalue weighted by atomic mass is 10.7. The second-order valence-corrected chi connectivity index (χ2v) is 2.12. The Bertz CT molecular complexity index is 333. The van der Waals surface area contributed by atoms with Gasteiger partial charge in [-0.3, -0.25) is 10.1 Å². The van der Waals surface area contributed by atoms with Crippen LogP contribution in [0.25, 0.3) is 0 Å². The fraction of sp³-hybridized carbons (Fsp3) is 0.500. The fourth-order valence-electron chi connectivity index (χ4n) is 0.660. The summed E-state index contributed by atoms with van der Waals surface area (Å²) < 4.78 is 1.06. The summed E-state index contributed by atoms with van der Waals surface area (Å²) in [4.78, 5) is 22.0. The summed E-state index contributed by atoms with van der Waals surface area (Å²) in [7, 11) is 0. The molecule has 0 saturated heterocycles. The number of hydrogen-bond acceptors (Lipinski definition) is 6. The van der Waals surface area contributed by atoms with Crippen molar-refractivity contribution < 1.29 is 9.85 Å². The van der Waals surface area contributed by atoms with Gasteiger partial charge in [0.05, 0.1) is 0 Å². The molecule has 0 saturated carbocycles. The van der Waals surface area contributed by atoms with Crippen LogP contribution >= 0.6 is 0 Å². The van der Waals surface area contributed by atoms with E-state index < -0.39 is 15.8 Å². The highest BCUT2D eigenvalue weighted by molar-refractivity contribution is 4.96.